The molecule has 6 nitrogen and oxygen atoms in total. The highest BCUT2D eigenvalue weighted by atomic mass is 35.5. The van der Waals surface area contributed by atoms with Gasteiger partial charge in [0.2, 0.25) is 5.91 Å². The first kappa shape index (κ1) is 21.4. The third kappa shape index (κ3) is 8.29. The summed E-state index contributed by atoms with van der Waals surface area (Å²) in [5.41, 5.74) is 2.20. The second kappa shape index (κ2) is 11.9. The van der Waals surface area contributed by atoms with Crippen LogP contribution in [0.25, 0.3) is 0 Å². The third-order valence-corrected chi connectivity index (χ3v) is 3.20. The van der Waals surface area contributed by atoms with E-state index in [0.717, 1.165) is 29.4 Å². The molecule has 1 amide bonds. The molecule has 0 radical (unpaired) electrons. The maximum absolute atomic E-state index is 10.8. The number of thioether (sulfide) groups is 1. The van der Waals surface area contributed by atoms with Gasteiger partial charge < -0.3 is 10.3 Å². The van der Waals surface area contributed by atoms with Crippen molar-refractivity contribution < 1.29 is 4.79 Å². The Labute approximate surface area is 135 Å². The number of hydrogen-bond acceptors (Lipinski definition) is 4. The van der Waals surface area contributed by atoms with Crippen molar-refractivity contribution in [3.05, 3.63) is 17.7 Å². The predicted molar refractivity (Wildman–Crippen MR) is 89.2 cm³/mol. The molecule has 0 bridgehead atoms. The smallest absolute Gasteiger partial charge is 0.223 e. The first-order chi connectivity index (χ1) is 8.63. The van der Waals surface area contributed by atoms with Crippen LogP contribution in [0, 0.1) is 6.92 Å². The summed E-state index contributed by atoms with van der Waals surface area (Å²) in [5, 5.41) is 5.68. The molecule has 0 aliphatic heterocycles. The van der Waals surface area contributed by atoms with Gasteiger partial charge in [0.15, 0.2) is 5.96 Å². The monoisotopic (exact) mass is 341 g/mol. The molecule has 9 heteroatoms. The molecule has 0 fully saturated rings. The van der Waals surface area contributed by atoms with Gasteiger partial charge in [-0.1, -0.05) is 0 Å². The summed E-state index contributed by atoms with van der Waals surface area (Å²) in [6, 6.07) is 0. The van der Waals surface area contributed by atoms with Crippen LogP contribution in [0.15, 0.2) is 11.3 Å². The molecular formula is C11H21Cl2N5OS. The Morgan fingerprint density at radius 1 is 1.50 bits per heavy atom. The van der Waals surface area contributed by atoms with Gasteiger partial charge in [0, 0.05) is 37.7 Å². The molecule has 20 heavy (non-hydrogen) atoms. The van der Waals surface area contributed by atoms with Crippen molar-refractivity contribution in [2.45, 2.75) is 19.6 Å². The van der Waals surface area contributed by atoms with Crippen molar-refractivity contribution in [3.8, 4) is 0 Å². The van der Waals surface area contributed by atoms with Crippen LogP contribution in [-0.2, 0) is 10.5 Å². The number of aromatic nitrogens is 2. The Morgan fingerprint density at radius 2 is 2.20 bits per heavy atom. The van der Waals surface area contributed by atoms with Crippen LogP contribution in [0.3, 0.4) is 0 Å². The Kier molecular flexibility index (Phi) is 12.7. The summed E-state index contributed by atoms with van der Waals surface area (Å²) in [7, 11) is 1.64. The molecule has 1 heterocycles. The number of carbonyl (C=O) groups excluding carboxylic acids is 1. The Hall–Kier alpha value is -0.920. The molecule has 0 spiro atoms. The van der Waals surface area contributed by atoms with Crippen LogP contribution in [-0.4, -0.2) is 41.2 Å². The lowest BCUT2D eigenvalue weighted by Gasteiger charge is -2.08. The van der Waals surface area contributed by atoms with Gasteiger partial charge in [0.25, 0.3) is 0 Å². The third-order valence-electron chi connectivity index (χ3n) is 2.23. The second-order valence-electron chi connectivity index (χ2n) is 3.71. The summed E-state index contributed by atoms with van der Waals surface area (Å²) < 4.78 is 0. The van der Waals surface area contributed by atoms with E-state index >= 15 is 0 Å². The number of amides is 1. The van der Waals surface area contributed by atoms with Crippen LogP contribution in [0.5, 0.6) is 0 Å². The van der Waals surface area contributed by atoms with E-state index in [0.29, 0.717) is 5.96 Å². The maximum Gasteiger partial charge on any atom is 0.223 e. The van der Waals surface area contributed by atoms with Crippen LogP contribution in [0.1, 0.15) is 18.3 Å². The van der Waals surface area contributed by atoms with Crippen molar-refractivity contribution in [2.24, 2.45) is 4.99 Å². The fraction of sp³-hybridized carbons (Fsp3) is 0.545. The Balaban J connectivity index is 0. The summed E-state index contributed by atoms with van der Waals surface area (Å²) >= 11 is 1.78. The van der Waals surface area contributed by atoms with E-state index in [2.05, 4.69) is 25.6 Å². The molecule has 0 aliphatic rings. The van der Waals surface area contributed by atoms with Crippen LogP contribution in [0.4, 0.5) is 0 Å². The van der Waals surface area contributed by atoms with Gasteiger partial charge in [-0.15, -0.1) is 24.8 Å². The number of carbonyl (C=O) groups is 1. The van der Waals surface area contributed by atoms with Gasteiger partial charge in [-0.2, -0.15) is 11.8 Å². The first-order valence-corrected chi connectivity index (χ1v) is 6.83. The SMILES string of the molecule is CN=C(NCCSCc1nc[nH]c1C)NC(C)=O.Cl.Cl. The lowest BCUT2D eigenvalue weighted by atomic mass is 10.4. The average molecular weight is 342 g/mol. The summed E-state index contributed by atoms with van der Waals surface area (Å²) in [6.45, 7) is 4.23. The highest BCUT2D eigenvalue weighted by Crippen LogP contribution is 2.11. The highest BCUT2D eigenvalue weighted by molar-refractivity contribution is 7.98. The molecule has 116 valence electrons. The molecule has 3 N–H and O–H groups in total. The van der Waals surface area contributed by atoms with Crippen molar-refractivity contribution in [1.29, 1.82) is 0 Å². The number of nitrogens with one attached hydrogen (secondary N) is 3. The number of imidazole rings is 1. The average Bonchev–Trinajstić information content (AvgIpc) is 2.72. The van der Waals surface area contributed by atoms with Gasteiger partial charge in [0.05, 0.1) is 12.0 Å². The molecular weight excluding hydrogens is 321 g/mol. The fourth-order valence-electron chi connectivity index (χ4n) is 1.29. The Bertz CT molecular complexity index is 425. The number of hydrogen-bond donors (Lipinski definition) is 3. The summed E-state index contributed by atoms with van der Waals surface area (Å²) in [6.07, 6.45) is 1.71. The number of aryl methyl sites for hydroxylation is 1. The quantitative estimate of drug-likeness (QED) is 0.430. The maximum atomic E-state index is 10.8. The molecule has 1 aromatic heterocycles. The summed E-state index contributed by atoms with van der Waals surface area (Å²) in [4.78, 5) is 22.1. The zero-order valence-electron chi connectivity index (χ0n) is 11.7. The van der Waals surface area contributed by atoms with E-state index in [1.54, 1.807) is 25.1 Å². The fourth-order valence-corrected chi connectivity index (χ4v) is 2.16. The normalized spacial score (nSPS) is 10.2. The van der Waals surface area contributed by atoms with Crippen LogP contribution in [0.2, 0.25) is 0 Å². The molecule has 1 aromatic rings. The number of aromatic amines is 1. The van der Waals surface area contributed by atoms with Gasteiger partial charge >= 0.3 is 0 Å². The topological polar surface area (TPSA) is 82.2 Å². The van der Waals surface area contributed by atoms with Crippen molar-refractivity contribution >= 4 is 48.4 Å². The van der Waals surface area contributed by atoms with E-state index in [1.807, 2.05) is 6.92 Å². The van der Waals surface area contributed by atoms with E-state index < -0.39 is 0 Å². The van der Waals surface area contributed by atoms with Gasteiger partial charge in [-0.3, -0.25) is 15.1 Å². The van der Waals surface area contributed by atoms with Gasteiger partial charge in [-0.05, 0) is 6.92 Å². The number of aliphatic imine (C=N–C) groups is 1. The standard InChI is InChI=1S/C11H19N5OS.2ClH/c1-8-10(15-7-14-8)6-18-5-4-13-11(12-3)16-9(2)17;;/h7H,4-6H2,1-3H3,(H,14,15)(H2,12,13,16,17);2*1H. The lowest BCUT2D eigenvalue weighted by Crippen LogP contribution is -2.40. The molecule has 0 saturated carbocycles. The van der Waals surface area contributed by atoms with Crippen molar-refractivity contribution in [1.82, 2.24) is 20.6 Å². The van der Waals surface area contributed by atoms with Crippen LogP contribution < -0.4 is 10.6 Å². The molecule has 0 saturated heterocycles. The number of H-pyrrole nitrogens is 1. The highest BCUT2D eigenvalue weighted by Gasteiger charge is 2.02. The van der Waals surface area contributed by atoms with Gasteiger partial charge in [-0.25, -0.2) is 4.98 Å². The zero-order valence-corrected chi connectivity index (χ0v) is 14.2. The first-order valence-electron chi connectivity index (χ1n) is 5.68. The van der Waals surface area contributed by atoms with Crippen LogP contribution >= 0.6 is 36.6 Å². The predicted octanol–water partition coefficient (Wildman–Crippen LogP) is 1.51. The zero-order chi connectivity index (χ0) is 13.4. The molecule has 1 rings (SSSR count). The lowest BCUT2D eigenvalue weighted by molar-refractivity contribution is -0.117. The minimum absolute atomic E-state index is 0. The van der Waals surface area contributed by atoms with E-state index in [-0.39, 0.29) is 30.7 Å². The van der Waals surface area contributed by atoms with Crippen molar-refractivity contribution in [2.75, 3.05) is 19.3 Å². The largest absolute Gasteiger partial charge is 0.355 e. The minimum Gasteiger partial charge on any atom is -0.355 e. The van der Waals surface area contributed by atoms with E-state index in [9.17, 15) is 4.79 Å². The molecule has 0 unspecified atom stereocenters. The molecule has 0 aromatic carbocycles. The minimum atomic E-state index is -0.122. The summed E-state index contributed by atoms with van der Waals surface area (Å²) in [5.74, 6) is 2.20. The number of rotatable bonds is 5. The van der Waals surface area contributed by atoms with E-state index in [4.69, 9.17) is 0 Å². The van der Waals surface area contributed by atoms with Crippen molar-refractivity contribution in [3.63, 3.8) is 0 Å². The Morgan fingerprint density at radius 3 is 2.70 bits per heavy atom. The second-order valence-corrected chi connectivity index (χ2v) is 4.81. The number of nitrogens with zero attached hydrogens (tertiary/aromatic N) is 2. The molecule has 0 aliphatic carbocycles. The van der Waals surface area contributed by atoms with Gasteiger partial charge in [0.1, 0.15) is 0 Å². The van der Waals surface area contributed by atoms with E-state index in [1.165, 1.54) is 6.92 Å². The molecule has 0 atom stereocenters. The number of halogens is 2. The number of guanidine groups is 1.